The zero-order valence-electron chi connectivity index (χ0n) is 24.2. The number of nitrogens with two attached hydrogens (primary N) is 1. The summed E-state index contributed by atoms with van der Waals surface area (Å²) in [5, 5.41) is 27.5. The summed E-state index contributed by atoms with van der Waals surface area (Å²) in [6.45, 7) is 3.58. The first-order chi connectivity index (χ1) is 20.5. The molecular formula is C31H39N5O7. The second kappa shape index (κ2) is 15.5. The SMILES string of the molecule is CCC(C)C(NC(=O)C(N)CCC(=O)O)C(=O)NC(Cc1c[nH]c2ccccc12)C(=O)NC(Cc1ccccc1)C(=O)O. The maximum atomic E-state index is 13.6. The van der Waals surface area contributed by atoms with Crippen LogP contribution in [0.3, 0.4) is 0 Å². The molecule has 0 radical (unpaired) electrons. The fourth-order valence-corrected chi connectivity index (χ4v) is 4.69. The van der Waals surface area contributed by atoms with Crippen LogP contribution in [0.4, 0.5) is 0 Å². The number of hydrogen-bond donors (Lipinski definition) is 7. The number of carbonyl (C=O) groups excluding carboxylic acids is 3. The first kappa shape index (κ1) is 32.8. The van der Waals surface area contributed by atoms with Crippen molar-refractivity contribution in [2.75, 3.05) is 0 Å². The van der Waals surface area contributed by atoms with E-state index in [0.717, 1.165) is 16.5 Å². The molecule has 5 atom stereocenters. The maximum Gasteiger partial charge on any atom is 0.326 e. The monoisotopic (exact) mass is 593 g/mol. The Morgan fingerprint density at radius 1 is 0.837 bits per heavy atom. The highest BCUT2D eigenvalue weighted by Crippen LogP contribution is 2.20. The predicted molar refractivity (Wildman–Crippen MR) is 160 cm³/mol. The van der Waals surface area contributed by atoms with Crippen LogP contribution in [0.15, 0.2) is 60.8 Å². The highest BCUT2D eigenvalue weighted by Gasteiger charge is 2.33. The van der Waals surface area contributed by atoms with Gasteiger partial charge in [-0.2, -0.15) is 0 Å². The molecule has 230 valence electrons. The van der Waals surface area contributed by atoms with Crippen molar-refractivity contribution in [3.8, 4) is 0 Å². The van der Waals surface area contributed by atoms with E-state index in [1.54, 1.807) is 43.5 Å². The molecule has 12 nitrogen and oxygen atoms in total. The van der Waals surface area contributed by atoms with E-state index in [0.29, 0.717) is 12.0 Å². The van der Waals surface area contributed by atoms with Crippen LogP contribution in [0.25, 0.3) is 10.9 Å². The fraction of sp³-hybridized carbons (Fsp3) is 0.387. The summed E-state index contributed by atoms with van der Waals surface area (Å²) in [7, 11) is 0. The molecule has 1 aromatic heterocycles. The first-order valence-corrected chi connectivity index (χ1v) is 14.2. The Morgan fingerprint density at radius 3 is 2.14 bits per heavy atom. The number of hydrogen-bond acceptors (Lipinski definition) is 6. The van der Waals surface area contributed by atoms with E-state index in [1.807, 2.05) is 31.2 Å². The van der Waals surface area contributed by atoms with Gasteiger partial charge < -0.3 is 36.9 Å². The summed E-state index contributed by atoms with van der Waals surface area (Å²) in [5.41, 5.74) is 8.14. The third-order valence-electron chi connectivity index (χ3n) is 7.43. The number of H-pyrrole nitrogens is 1. The van der Waals surface area contributed by atoms with E-state index in [2.05, 4.69) is 20.9 Å². The second-order valence-corrected chi connectivity index (χ2v) is 10.6. The molecular weight excluding hydrogens is 554 g/mol. The van der Waals surface area contributed by atoms with Gasteiger partial charge in [0.2, 0.25) is 17.7 Å². The lowest BCUT2D eigenvalue weighted by atomic mass is 9.96. The zero-order chi connectivity index (χ0) is 31.5. The Bertz CT molecular complexity index is 1420. The molecule has 3 aromatic rings. The van der Waals surface area contributed by atoms with Crippen LogP contribution < -0.4 is 21.7 Å². The van der Waals surface area contributed by atoms with Crippen molar-refractivity contribution < 1.29 is 34.2 Å². The average molecular weight is 594 g/mol. The summed E-state index contributed by atoms with van der Waals surface area (Å²) < 4.78 is 0. The van der Waals surface area contributed by atoms with Gasteiger partial charge in [-0.3, -0.25) is 19.2 Å². The summed E-state index contributed by atoms with van der Waals surface area (Å²) in [6.07, 6.45) is 1.88. The summed E-state index contributed by atoms with van der Waals surface area (Å²) in [5.74, 6) is -4.73. The third kappa shape index (κ3) is 9.40. The molecule has 43 heavy (non-hydrogen) atoms. The highest BCUT2D eigenvalue weighted by molar-refractivity contribution is 5.95. The molecule has 2 aromatic carbocycles. The fourth-order valence-electron chi connectivity index (χ4n) is 4.69. The minimum atomic E-state index is -1.26. The summed E-state index contributed by atoms with van der Waals surface area (Å²) in [4.78, 5) is 66.1. The number of benzene rings is 2. The minimum Gasteiger partial charge on any atom is -0.481 e. The number of aliphatic carboxylic acids is 2. The molecule has 1 heterocycles. The Hall–Kier alpha value is -4.71. The molecule has 3 rings (SSSR count). The number of rotatable bonds is 16. The molecule has 0 fully saturated rings. The molecule has 3 amide bonds. The molecule has 5 unspecified atom stereocenters. The zero-order valence-corrected chi connectivity index (χ0v) is 24.2. The van der Waals surface area contributed by atoms with Gasteiger partial charge in [-0.05, 0) is 29.5 Å². The van der Waals surface area contributed by atoms with Crippen molar-refractivity contribution in [1.29, 1.82) is 0 Å². The molecule has 0 bridgehead atoms. The van der Waals surface area contributed by atoms with Crippen molar-refractivity contribution in [3.63, 3.8) is 0 Å². The number of para-hydroxylation sites is 1. The van der Waals surface area contributed by atoms with Crippen molar-refractivity contribution in [3.05, 3.63) is 71.9 Å². The lowest BCUT2D eigenvalue weighted by Crippen LogP contribution is -2.59. The number of aromatic nitrogens is 1. The number of nitrogens with one attached hydrogen (secondary N) is 4. The summed E-state index contributed by atoms with van der Waals surface area (Å²) in [6, 6.07) is 11.6. The van der Waals surface area contributed by atoms with Gasteiger partial charge in [-0.1, -0.05) is 68.8 Å². The van der Waals surface area contributed by atoms with E-state index < -0.39 is 53.8 Å². The quantitative estimate of drug-likeness (QED) is 0.130. The van der Waals surface area contributed by atoms with Crippen LogP contribution in [-0.2, 0) is 36.8 Å². The van der Waals surface area contributed by atoms with Gasteiger partial charge in [-0.15, -0.1) is 0 Å². The van der Waals surface area contributed by atoms with Crippen molar-refractivity contribution in [2.24, 2.45) is 11.7 Å². The minimum absolute atomic E-state index is 0.0372. The van der Waals surface area contributed by atoms with Gasteiger partial charge in [0.25, 0.3) is 0 Å². The van der Waals surface area contributed by atoms with E-state index >= 15 is 0 Å². The first-order valence-electron chi connectivity index (χ1n) is 14.2. The van der Waals surface area contributed by atoms with Gasteiger partial charge in [0.15, 0.2) is 0 Å². The van der Waals surface area contributed by atoms with Crippen LogP contribution in [0, 0.1) is 5.92 Å². The molecule has 0 saturated carbocycles. The van der Waals surface area contributed by atoms with E-state index in [4.69, 9.17) is 10.8 Å². The lowest BCUT2D eigenvalue weighted by Gasteiger charge is -2.28. The number of carbonyl (C=O) groups is 5. The predicted octanol–water partition coefficient (Wildman–Crippen LogP) is 1.73. The Morgan fingerprint density at radius 2 is 1.49 bits per heavy atom. The largest absolute Gasteiger partial charge is 0.481 e. The Balaban J connectivity index is 1.85. The van der Waals surface area contributed by atoms with Gasteiger partial charge in [0.1, 0.15) is 18.1 Å². The van der Waals surface area contributed by atoms with Gasteiger partial charge in [-0.25, -0.2) is 4.79 Å². The molecule has 0 aliphatic heterocycles. The standard InChI is InChI=1S/C31H39N5O7/c1-3-18(2)27(36-28(39)22(32)13-14-26(37)38)30(41)34-24(16-20-17-33-23-12-8-7-11-21(20)23)29(40)35-25(31(42)43)15-19-9-5-4-6-10-19/h4-12,17-18,22,24-25,27,33H,3,13-16,32H2,1-2H3,(H,34,41)(H,35,40)(H,36,39)(H,37,38)(H,42,43). The molecule has 12 heteroatoms. The molecule has 0 aliphatic carbocycles. The van der Waals surface area contributed by atoms with Crippen LogP contribution in [-0.4, -0.2) is 69.0 Å². The number of fused-ring (bicyclic) bond motifs is 1. The second-order valence-electron chi connectivity index (χ2n) is 10.6. The van der Waals surface area contributed by atoms with Crippen molar-refractivity contribution in [1.82, 2.24) is 20.9 Å². The van der Waals surface area contributed by atoms with E-state index in [1.165, 1.54) is 0 Å². The van der Waals surface area contributed by atoms with Crippen LogP contribution in [0.2, 0.25) is 0 Å². The van der Waals surface area contributed by atoms with E-state index in [9.17, 15) is 29.1 Å². The Labute approximate surface area is 249 Å². The lowest BCUT2D eigenvalue weighted by molar-refractivity contribution is -0.142. The number of carboxylic acids is 2. The smallest absolute Gasteiger partial charge is 0.326 e. The maximum absolute atomic E-state index is 13.6. The Kier molecular flexibility index (Phi) is 11.8. The van der Waals surface area contributed by atoms with Gasteiger partial charge >= 0.3 is 11.9 Å². The van der Waals surface area contributed by atoms with Crippen molar-refractivity contribution >= 4 is 40.6 Å². The third-order valence-corrected chi connectivity index (χ3v) is 7.43. The average Bonchev–Trinajstić information content (AvgIpc) is 3.40. The van der Waals surface area contributed by atoms with Crippen molar-refractivity contribution in [2.45, 2.75) is 70.1 Å². The molecule has 8 N–H and O–H groups in total. The number of carboxylic acid groups (broad SMARTS) is 2. The molecule has 0 spiro atoms. The van der Waals surface area contributed by atoms with Crippen LogP contribution >= 0.6 is 0 Å². The van der Waals surface area contributed by atoms with Gasteiger partial charge in [0.05, 0.1) is 6.04 Å². The topological polar surface area (TPSA) is 204 Å². The van der Waals surface area contributed by atoms with Gasteiger partial charge in [0, 0.05) is 36.4 Å². The molecule has 0 aliphatic rings. The number of amides is 3. The molecule has 0 saturated heterocycles. The van der Waals surface area contributed by atoms with Crippen LogP contribution in [0.1, 0.15) is 44.2 Å². The summed E-state index contributed by atoms with van der Waals surface area (Å²) >= 11 is 0. The highest BCUT2D eigenvalue weighted by atomic mass is 16.4. The van der Waals surface area contributed by atoms with E-state index in [-0.39, 0.29) is 31.6 Å². The number of aromatic amines is 1. The normalized spacial score (nSPS) is 14.6. The van der Waals surface area contributed by atoms with Crippen LogP contribution in [0.5, 0.6) is 0 Å².